The molecular weight excluding hydrogens is 216 g/mol. The van der Waals surface area contributed by atoms with Crippen molar-refractivity contribution in [2.45, 2.75) is 26.4 Å². The molecule has 1 amide bonds. The van der Waals surface area contributed by atoms with Gasteiger partial charge in [-0.05, 0) is 31.5 Å². The fraction of sp³-hybridized carbons (Fsp3) is 0.385. The van der Waals surface area contributed by atoms with Crippen molar-refractivity contribution in [3.05, 3.63) is 29.8 Å². The van der Waals surface area contributed by atoms with Crippen molar-refractivity contribution in [1.82, 2.24) is 0 Å². The van der Waals surface area contributed by atoms with Crippen LogP contribution < -0.4 is 5.32 Å². The Bertz CT molecular complexity index is 406. The van der Waals surface area contributed by atoms with E-state index in [1.54, 1.807) is 19.1 Å². The Hall–Kier alpha value is -1.86. The maximum atomic E-state index is 11.6. The van der Waals surface area contributed by atoms with Gasteiger partial charge in [0.1, 0.15) is 6.10 Å². The molecule has 1 aromatic rings. The second kappa shape index (κ2) is 6.66. The molecular formula is C13H16N2O2. The number of amides is 1. The molecule has 0 bridgehead atoms. The van der Waals surface area contributed by atoms with Gasteiger partial charge in [0.25, 0.3) is 5.91 Å². The van der Waals surface area contributed by atoms with E-state index in [9.17, 15) is 4.79 Å². The van der Waals surface area contributed by atoms with Crippen LogP contribution >= 0.6 is 0 Å². The van der Waals surface area contributed by atoms with Crippen molar-refractivity contribution in [3.8, 4) is 6.07 Å². The lowest BCUT2D eigenvalue weighted by Crippen LogP contribution is -2.27. The summed E-state index contributed by atoms with van der Waals surface area (Å²) in [5.74, 6) is -0.167. The third kappa shape index (κ3) is 4.25. The van der Waals surface area contributed by atoms with Crippen molar-refractivity contribution in [2.75, 3.05) is 11.9 Å². The van der Waals surface area contributed by atoms with Gasteiger partial charge in [0, 0.05) is 12.3 Å². The van der Waals surface area contributed by atoms with Gasteiger partial charge in [0.2, 0.25) is 0 Å². The van der Waals surface area contributed by atoms with Crippen LogP contribution in [0.25, 0.3) is 0 Å². The predicted molar refractivity (Wildman–Crippen MR) is 65.5 cm³/mol. The number of hydrogen-bond donors (Lipinski definition) is 1. The SMILES string of the molecule is CCO[C@@H](C)C(=O)Nc1ccc(CC#N)cc1. The van der Waals surface area contributed by atoms with Crippen LogP contribution in [0.2, 0.25) is 0 Å². The van der Waals surface area contributed by atoms with Gasteiger partial charge in [-0.3, -0.25) is 4.79 Å². The topological polar surface area (TPSA) is 62.1 Å². The van der Waals surface area contributed by atoms with Crippen LogP contribution in [0.15, 0.2) is 24.3 Å². The molecule has 0 spiro atoms. The number of hydrogen-bond acceptors (Lipinski definition) is 3. The summed E-state index contributed by atoms with van der Waals surface area (Å²) in [7, 11) is 0. The molecule has 1 aromatic carbocycles. The fourth-order valence-electron chi connectivity index (χ4n) is 1.37. The minimum Gasteiger partial charge on any atom is -0.369 e. The van der Waals surface area contributed by atoms with Crippen molar-refractivity contribution < 1.29 is 9.53 Å². The Morgan fingerprint density at radius 2 is 2.12 bits per heavy atom. The first-order chi connectivity index (χ1) is 8.17. The molecule has 0 unspecified atom stereocenters. The number of anilines is 1. The van der Waals surface area contributed by atoms with Gasteiger partial charge in [0.15, 0.2) is 0 Å². The summed E-state index contributed by atoms with van der Waals surface area (Å²) in [4.78, 5) is 11.6. The molecule has 0 aliphatic rings. The quantitative estimate of drug-likeness (QED) is 0.845. The Morgan fingerprint density at radius 3 is 2.65 bits per heavy atom. The summed E-state index contributed by atoms with van der Waals surface area (Å²) >= 11 is 0. The minimum atomic E-state index is -0.459. The summed E-state index contributed by atoms with van der Waals surface area (Å²) in [6, 6.07) is 9.28. The van der Waals surface area contributed by atoms with Crippen LogP contribution in [-0.4, -0.2) is 18.6 Å². The molecule has 0 radical (unpaired) electrons. The normalized spacial score (nSPS) is 11.6. The Labute approximate surface area is 101 Å². The molecule has 0 aromatic heterocycles. The van der Waals surface area contributed by atoms with Gasteiger partial charge in [-0.15, -0.1) is 0 Å². The van der Waals surface area contributed by atoms with E-state index in [1.807, 2.05) is 19.1 Å². The Morgan fingerprint density at radius 1 is 1.47 bits per heavy atom. The molecule has 1 atom stereocenters. The first-order valence-electron chi connectivity index (χ1n) is 5.55. The zero-order chi connectivity index (χ0) is 12.7. The molecule has 1 rings (SSSR count). The highest BCUT2D eigenvalue weighted by atomic mass is 16.5. The molecule has 17 heavy (non-hydrogen) atoms. The number of benzene rings is 1. The molecule has 4 heteroatoms. The zero-order valence-corrected chi connectivity index (χ0v) is 10.1. The summed E-state index contributed by atoms with van der Waals surface area (Å²) < 4.78 is 5.18. The van der Waals surface area contributed by atoms with E-state index in [0.717, 1.165) is 5.56 Å². The Kier molecular flexibility index (Phi) is 5.18. The molecule has 1 N–H and O–H groups in total. The summed E-state index contributed by atoms with van der Waals surface area (Å²) in [5.41, 5.74) is 1.64. The highest BCUT2D eigenvalue weighted by Crippen LogP contribution is 2.10. The second-order valence-electron chi connectivity index (χ2n) is 3.62. The number of nitrogens with one attached hydrogen (secondary N) is 1. The summed E-state index contributed by atoms with van der Waals surface area (Å²) in [6.07, 6.45) is -0.0809. The smallest absolute Gasteiger partial charge is 0.253 e. The highest BCUT2D eigenvalue weighted by Gasteiger charge is 2.12. The zero-order valence-electron chi connectivity index (χ0n) is 10.1. The first-order valence-corrected chi connectivity index (χ1v) is 5.55. The summed E-state index contributed by atoms with van der Waals surface area (Å²) in [6.45, 7) is 4.07. The lowest BCUT2D eigenvalue weighted by molar-refractivity contribution is -0.126. The minimum absolute atomic E-state index is 0.167. The largest absolute Gasteiger partial charge is 0.369 e. The summed E-state index contributed by atoms with van der Waals surface area (Å²) in [5, 5.41) is 11.3. The molecule has 0 saturated heterocycles. The van der Waals surface area contributed by atoms with E-state index in [2.05, 4.69) is 11.4 Å². The second-order valence-corrected chi connectivity index (χ2v) is 3.62. The van der Waals surface area contributed by atoms with E-state index in [4.69, 9.17) is 10.00 Å². The third-order valence-electron chi connectivity index (χ3n) is 2.29. The molecule has 4 nitrogen and oxygen atoms in total. The standard InChI is InChI=1S/C13H16N2O2/c1-3-17-10(2)13(16)15-12-6-4-11(5-7-12)8-9-14/h4-7,10H,3,8H2,1-2H3,(H,15,16)/t10-/m0/s1. The van der Waals surface area contributed by atoms with E-state index in [1.165, 1.54) is 0 Å². The van der Waals surface area contributed by atoms with Gasteiger partial charge in [-0.1, -0.05) is 12.1 Å². The maximum absolute atomic E-state index is 11.6. The van der Waals surface area contributed by atoms with Crippen LogP contribution in [0.4, 0.5) is 5.69 Å². The number of nitrogens with zero attached hydrogens (tertiary/aromatic N) is 1. The van der Waals surface area contributed by atoms with E-state index in [-0.39, 0.29) is 5.91 Å². The molecule has 0 aliphatic carbocycles. The van der Waals surface area contributed by atoms with Gasteiger partial charge in [0.05, 0.1) is 12.5 Å². The highest BCUT2D eigenvalue weighted by molar-refractivity contribution is 5.93. The molecule has 0 fully saturated rings. The molecule has 0 aliphatic heterocycles. The predicted octanol–water partition coefficient (Wildman–Crippen LogP) is 2.12. The van der Waals surface area contributed by atoms with Crippen molar-refractivity contribution in [1.29, 1.82) is 5.26 Å². The first kappa shape index (κ1) is 13.2. The van der Waals surface area contributed by atoms with Crippen LogP contribution in [-0.2, 0) is 16.0 Å². The monoisotopic (exact) mass is 232 g/mol. The average molecular weight is 232 g/mol. The van der Waals surface area contributed by atoms with Gasteiger partial charge in [-0.25, -0.2) is 0 Å². The van der Waals surface area contributed by atoms with Crippen LogP contribution in [0.3, 0.4) is 0 Å². The van der Waals surface area contributed by atoms with E-state index in [0.29, 0.717) is 18.7 Å². The lowest BCUT2D eigenvalue weighted by Gasteiger charge is -2.12. The lowest BCUT2D eigenvalue weighted by atomic mass is 10.1. The fourth-order valence-corrected chi connectivity index (χ4v) is 1.37. The van der Waals surface area contributed by atoms with Gasteiger partial charge in [-0.2, -0.15) is 5.26 Å². The number of carbonyl (C=O) groups is 1. The molecule has 0 heterocycles. The van der Waals surface area contributed by atoms with E-state index < -0.39 is 6.10 Å². The molecule has 90 valence electrons. The van der Waals surface area contributed by atoms with Gasteiger partial charge >= 0.3 is 0 Å². The Balaban J connectivity index is 2.57. The van der Waals surface area contributed by atoms with E-state index >= 15 is 0 Å². The third-order valence-corrected chi connectivity index (χ3v) is 2.29. The number of ether oxygens (including phenoxy) is 1. The van der Waals surface area contributed by atoms with Crippen LogP contribution in [0.5, 0.6) is 0 Å². The molecule has 0 saturated carbocycles. The number of rotatable bonds is 5. The van der Waals surface area contributed by atoms with Crippen molar-refractivity contribution >= 4 is 11.6 Å². The van der Waals surface area contributed by atoms with Gasteiger partial charge < -0.3 is 10.1 Å². The van der Waals surface area contributed by atoms with Crippen LogP contribution in [0.1, 0.15) is 19.4 Å². The average Bonchev–Trinajstić information content (AvgIpc) is 2.32. The van der Waals surface area contributed by atoms with Crippen LogP contribution in [0, 0.1) is 11.3 Å². The maximum Gasteiger partial charge on any atom is 0.253 e. The van der Waals surface area contributed by atoms with Crippen molar-refractivity contribution in [2.24, 2.45) is 0 Å². The van der Waals surface area contributed by atoms with Crippen molar-refractivity contribution in [3.63, 3.8) is 0 Å². The number of carbonyl (C=O) groups excluding carboxylic acids is 1. The number of nitriles is 1.